The normalized spacial score (nSPS) is 21.2. The molecule has 2 rings (SSSR count). The zero-order valence-corrected chi connectivity index (χ0v) is 10.8. The summed E-state index contributed by atoms with van der Waals surface area (Å²) in [4.78, 5) is 6.16. The first-order valence-electron chi connectivity index (χ1n) is 5.44. The van der Waals surface area contributed by atoms with Crippen molar-refractivity contribution in [2.75, 3.05) is 25.0 Å². The van der Waals surface area contributed by atoms with Gasteiger partial charge in [0.15, 0.2) is 5.82 Å². The highest BCUT2D eigenvalue weighted by Gasteiger charge is 2.19. The highest BCUT2D eigenvalue weighted by Crippen LogP contribution is 2.22. The van der Waals surface area contributed by atoms with Gasteiger partial charge < -0.3 is 10.2 Å². The molecule has 2 heterocycles. The molecule has 1 fully saturated rings. The lowest BCUT2D eigenvalue weighted by molar-refractivity contribution is 0.449. The van der Waals surface area contributed by atoms with Gasteiger partial charge in [0.05, 0.1) is 11.9 Å². The number of aromatic nitrogens is 1. The van der Waals surface area contributed by atoms with Crippen LogP contribution in [-0.4, -0.2) is 31.2 Å². The SMILES string of the molecule is CNC1CCCN(c2cnc(Br)c(F)c2)C1. The molecular weight excluding hydrogens is 273 g/mol. The van der Waals surface area contributed by atoms with E-state index in [0.29, 0.717) is 6.04 Å². The number of pyridine rings is 1. The molecule has 1 unspecified atom stereocenters. The molecule has 0 saturated carbocycles. The van der Waals surface area contributed by atoms with Gasteiger partial charge in [-0.1, -0.05) is 0 Å². The maximum Gasteiger partial charge on any atom is 0.158 e. The van der Waals surface area contributed by atoms with E-state index in [1.807, 2.05) is 7.05 Å². The quantitative estimate of drug-likeness (QED) is 0.845. The Bertz CT molecular complexity index is 372. The Morgan fingerprint density at radius 3 is 3.12 bits per heavy atom. The summed E-state index contributed by atoms with van der Waals surface area (Å²) in [5, 5.41) is 3.26. The molecule has 0 bridgehead atoms. The fourth-order valence-electron chi connectivity index (χ4n) is 2.03. The molecule has 1 N–H and O–H groups in total. The van der Waals surface area contributed by atoms with Gasteiger partial charge in [-0.2, -0.15) is 0 Å². The molecule has 0 radical (unpaired) electrons. The van der Waals surface area contributed by atoms with Crippen LogP contribution < -0.4 is 10.2 Å². The Hall–Kier alpha value is -0.680. The highest BCUT2D eigenvalue weighted by molar-refractivity contribution is 9.10. The molecule has 1 saturated heterocycles. The van der Waals surface area contributed by atoms with E-state index in [0.717, 1.165) is 25.2 Å². The van der Waals surface area contributed by atoms with Gasteiger partial charge in [0, 0.05) is 25.2 Å². The monoisotopic (exact) mass is 287 g/mol. The van der Waals surface area contributed by atoms with E-state index < -0.39 is 0 Å². The van der Waals surface area contributed by atoms with Gasteiger partial charge in [-0.05, 0) is 35.8 Å². The predicted octanol–water partition coefficient (Wildman–Crippen LogP) is 2.17. The molecule has 1 aliphatic rings. The Morgan fingerprint density at radius 2 is 2.44 bits per heavy atom. The van der Waals surface area contributed by atoms with Crippen LogP contribution in [0, 0.1) is 5.82 Å². The Labute approximate surface area is 103 Å². The lowest BCUT2D eigenvalue weighted by Gasteiger charge is -2.34. The van der Waals surface area contributed by atoms with Gasteiger partial charge in [0.1, 0.15) is 4.60 Å². The van der Waals surface area contributed by atoms with Crippen molar-refractivity contribution in [3.8, 4) is 0 Å². The minimum Gasteiger partial charge on any atom is -0.369 e. The van der Waals surface area contributed by atoms with E-state index in [2.05, 4.69) is 31.1 Å². The van der Waals surface area contributed by atoms with Crippen molar-refractivity contribution in [1.29, 1.82) is 0 Å². The largest absolute Gasteiger partial charge is 0.369 e. The number of hydrogen-bond acceptors (Lipinski definition) is 3. The first-order valence-corrected chi connectivity index (χ1v) is 6.23. The highest BCUT2D eigenvalue weighted by atomic mass is 79.9. The Kier molecular flexibility index (Phi) is 3.76. The third-order valence-electron chi connectivity index (χ3n) is 2.98. The van der Waals surface area contributed by atoms with Crippen molar-refractivity contribution >= 4 is 21.6 Å². The fourth-order valence-corrected chi connectivity index (χ4v) is 2.25. The number of piperidine rings is 1. The summed E-state index contributed by atoms with van der Waals surface area (Å²) in [6, 6.07) is 2.02. The van der Waals surface area contributed by atoms with Crippen molar-refractivity contribution < 1.29 is 4.39 Å². The number of rotatable bonds is 2. The summed E-state index contributed by atoms with van der Waals surface area (Å²) in [6.07, 6.45) is 4.02. The third kappa shape index (κ3) is 2.52. The molecule has 1 aromatic heterocycles. The minimum absolute atomic E-state index is 0.276. The van der Waals surface area contributed by atoms with E-state index in [9.17, 15) is 4.39 Å². The topological polar surface area (TPSA) is 28.2 Å². The van der Waals surface area contributed by atoms with Crippen LogP contribution in [0.1, 0.15) is 12.8 Å². The lowest BCUT2D eigenvalue weighted by Crippen LogP contribution is -2.44. The third-order valence-corrected chi connectivity index (χ3v) is 3.56. The molecular formula is C11H15BrFN3. The molecule has 0 aliphatic carbocycles. The van der Waals surface area contributed by atoms with E-state index in [-0.39, 0.29) is 10.4 Å². The molecule has 5 heteroatoms. The van der Waals surface area contributed by atoms with E-state index in [4.69, 9.17) is 0 Å². The van der Waals surface area contributed by atoms with Crippen LogP contribution >= 0.6 is 15.9 Å². The number of nitrogens with one attached hydrogen (secondary N) is 1. The van der Waals surface area contributed by atoms with Gasteiger partial charge in [-0.15, -0.1) is 0 Å². The first kappa shape index (κ1) is 11.8. The second-order valence-electron chi connectivity index (χ2n) is 4.04. The van der Waals surface area contributed by atoms with Crippen LogP contribution in [0.4, 0.5) is 10.1 Å². The van der Waals surface area contributed by atoms with E-state index >= 15 is 0 Å². The van der Waals surface area contributed by atoms with Gasteiger partial charge >= 0.3 is 0 Å². The maximum atomic E-state index is 13.4. The van der Waals surface area contributed by atoms with Gasteiger partial charge in [0.2, 0.25) is 0 Å². The maximum absolute atomic E-state index is 13.4. The van der Waals surface area contributed by atoms with Gasteiger partial charge in [0.25, 0.3) is 0 Å². The predicted molar refractivity (Wildman–Crippen MR) is 66.2 cm³/mol. The average Bonchev–Trinajstić information content (AvgIpc) is 2.33. The average molecular weight is 288 g/mol. The fraction of sp³-hybridized carbons (Fsp3) is 0.545. The van der Waals surface area contributed by atoms with Crippen LogP contribution in [-0.2, 0) is 0 Å². The van der Waals surface area contributed by atoms with Crippen molar-refractivity contribution in [2.24, 2.45) is 0 Å². The standard InChI is InChI=1S/C11H15BrFN3/c1-14-8-3-2-4-16(7-8)9-5-10(13)11(12)15-6-9/h5-6,8,14H,2-4,7H2,1H3. The number of hydrogen-bond donors (Lipinski definition) is 1. The van der Waals surface area contributed by atoms with Crippen molar-refractivity contribution in [3.63, 3.8) is 0 Å². The van der Waals surface area contributed by atoms with E-state index in [1.165, 1.54) is 12.5 Å². The Morgan fingerprint density at radius 1 is 1.62 bits per heavy atom. The van der Waals surface area contributed by atoms with Crippen LogP contribution in [0.2, 0.25) is 0 Å². The smallest absolute Gasteiger partial charge is 0.158 e. The van der Waals surface area contributed by atoms with Crippen LogP contribution in [0.25, 0.3) is 0 Å². The van der Waals surface area contributed by atoms with Crippen LogP contribution in [0.5, 0.6) is 0 Å². The van der Waals surface area contributed by atoms with Crippen molar-refractivity contribution in [2.45, 2.75) is 18.9 Å². The summed E-state index contributed by atoms with van der Waals surface area (Å²) in [7, 11) is 1.97. The summed E-state index contributed by atoms with van der Waals surface area (Å²) in [5.74, 6) is -0.302. The second kappa shape index (κ2) is 5.10. The molecule has 16 heavy (non-hydrogen) atoms. The lowest BCUT2D eigenvalue weighted by atomic mass is 10.1. The molecule has 0 amide bonds. The van der Waals surface area contributed by atoms with E-state index in [1.54, 1.807) is 6.20 Å². The molecule has 3 nitrogen and oxygen atoms in total. The van der Waals surface area contributed by atoms with Gasteiger partial charge in [-0.25, -0.2) is 9.37 Å². The minimum atomic E-state index is -0.302. The summed E-state index contributed by atoms with van der Waals surface area (Å²) in [5.41, 5.74) is 0.862. The zero-order chi connectivity index (χ0) is 11.5. The van der Waals surface area contributed by atoms with Crippen molar-refractivity contribution in [1.82, 2.24) is 10.3 Å². The van der Waals surface area contributed by atoms with Crippen molar-refractivity contribution in [3.05, 3.63) is 22.7 Å². The molecule has 88 valence electrons. The molecule has 0 spiro atoms. The van der Waals surface area contributed by atoms with Crippen LogP contribution in [0.3, 0.4) is 0 Å². The summed E-state index contributed by atoms with van der Waals surface area (Å²) >= 11 is 3.06. The van der Waals surface area contributed by atoms with Crippen LogP contribution in [0.15, 0.2) is 16.9 Å². The summed E-state index contributed by atoms with van der Waals surface area (Å²) < 4.78 is 13.6. The second-order valence-corrected chi connectivity index (χ2v) is 4.79. The first-order chi connectivity index (χ1) is 7.70. The molecule has 1 atom stereocenters. The molecule has 1 aromatic rings. The zero-order valence-electron chi connectivity index (χ0n) is 9.21. The molecule has 1 aliphatic heterocycles. The number of anilines is 1. The number of likely N-dealkylation sites (N-methyl/N-ethyl adjacent to an activating group) is 1. The Balaban J connectivity index is 2.13. The number of halogens is 2. The van der Waals surface area contributed by atoms with Gasteiger partial charge in [-0.3, -0.25) is 0 Å². The summed E-state index contributed by atoms with van der Waals surface area (Å²) in [6.45, 7) is 1.89. The molecule has 0 aromatic carbocycles. The number of nitrogens with zero attached hydrogens (tertiary/aromatic N) is 2.